The van der Waals surface area contributed by atoms with E-state index in [0.29, 0.717) is 19.8 Å². The summed E-state index contributed by atoms with van der Waals surface area (Å²) in [4.78, 5) is 0. The highest BCUT2D eigenvalue weighted by atomic mass is 32.2. The molecule has 6 nitrogen and oxygen atoms in total. The maximum Gasteiger partial charge on any atom is 0.267 e. The fourth-order valence-electron chi connectivity index (χ4n) is 1.01. The summed E-state index contributed by atoms with van der Waals surface area (Å²) in [5, 5.41) is 0. The molecule has 7 heteroatoms. The third kappa shape index (κ3) is 17.2. The zero-order chi connectivity index (χ0) is 14.4. The molecule has 0 fully saturated rings. The summed E-state index contributed by atoms with van der Waals surface area (Å²) in [5.74, 6) is 2.49. The van der Waals surface area contributed by atoms with Gasteiger partial charge < -0.3 is 14.2 Å². The van der Waals surface area contributed by atoms with Crippen LogP contribution in [0.5, 0.6) is 0 Å². The summed E-state index contributed by atoms with van der Waals surface area (Å²) in [6, 6.07) is 0. The fraction of sp³-hybridized carbons (Fsp3) is 0.833. The van der Waals surface area contributed by atoms with E-state index >= 15 is 0 Å². The Hall–Kier alpha value is -0.810. The number of hydrogen-bond donors (Lipinski definition) is 1. The highest BCUT2D eigenvalue weighted by Crippen LogP contribution is 1.90. The molecule has 0 atom stereocenters. The summed E-state index contributed by atoms with van der Waals surface area (Å²) in [6.07, 6.45) is 5.64. The van der Waals surface area contributed by atoms with Crippen molar-refractivity contribution in [2.45, 2.75) is 26.2 Å². The van der Waals surface area contributed by atoms with E-state index in [0.717, 1.165) is 19.3 Å². The Bertz CT molecular complexity index is 354. The Morgan fingerprint density at radius 1 is 1.05 bits per heavy atom. The van der Waals surface area contributed by atoms with Crippen molar-refractivity contribution in [3.63, 3.8) is 0 Å². The molecule has 19 heavy (non-hydrogen) atoms. The van der Waals surface area contributed by atoms with Crippen LogP contribution < -0.4 is 0 Å². The first kappa shape index (κ1) is 18.2. The predicted octanol–water partition coefficient (Wildman–Crippen LogP) is 1.08. The molecular formula is C12H22O6S. The van der Waals surface area contributed by atoms with Crippen LogP contribution >= 0.6 is 0 Å². The minimum atomic E-state index is -3.94. The van der Waals surface area contributed by atoms with E-state index in [2.05, 4.69) is 19.0 Å². The Kier molecular flexibility index (Phi) is 11.7. The molecule has 0 unspecified atom stereocenters. The molecule has 0 aliphatic carbocycles. The van der Waals surface area contributed by atoms with E-state index in [-0.39, 0.29) is 13.2 Å². The summed E-state index contributed by atoms with van der Waals surface area (Å²) in [5.41, 5.74) is 0. The molecule has 0 bridgehead atoms. The van der Waals surface area contributed by atoms with Gasteiger partial charge in [0.2, 0.25) is 0 Å². The van der Waals surface area contributed by atoms with Gasteiger partial charge in [0, 0.05) is 6.42 Å². The molecule has 0 rings (SSSR count). The maximum atomic E-state index is 10.3. The summed E-state index contributed by atoms with van der Waals surface area (Å²) in [6.45, 7) is 3.49. The number of hydrogen-bond acceptors (Lipinski definition) is 5. The lowest BCUT2D eigenvalue weighted by atomic mass is 10.3. The molecule has 0 aliphatic heterocycles. The van der Waals surface area contributed by atoms with Gasteiger partial charge in [-0.05, 0) is 6.42 Å². The van der Waals surface area contributed by atoms with E-state index in [1.165, 1.54) is 0 Å². The van der Waals surface area contributed by atoms with Crippen molar-refractivity contribution in [2.24, 2.45) is 0 Å². The van der Waals surface area contributed by atoms with E-state index < -0.39 is 15.9 Å². The van der Waals surface area contributed by atoms with Crippen LogP contribution in [0.25, 0.3) is 0 Å². The second kappa shape index (κ2) is 12.2. The lowest BCUT2D eigenvalue weighted by molar-refractivity contribution is 0.0369. The van der Waals surface area contributed by atoms with Gasteiger partial charge in [0.25, 0.3) is 10.1 Å². The van der Waals surface area contributed by atoms with Crippen molar-refractivity contribution in [3.05, 3.63) is 0 Å². The highest BCUT2D eigenvalue weighted by molar-refractivity contribution is 7.85. The van der Waals surface area contributed by atoms with Gasteiger partial charge in [-0.15, -0.1) is 0 Å². The fourth-order valence-corrected chi connectivity index (χ4v) is 1.33. The Morgan fingerprint density at radius 3 is 2.32 bits per heavy atom. The normalized spacial score (nSPS) is 10.8. The molecule has 0 aromatic rings. The molecule has 0 amide bonds. The van der Waals surface area contributed by atoms with Crippen LogP contribution in [-0.4, -0.2) is 51.8 Å². The molecule has 0 saturated heterocycles. The number of rotatable bonds is 11. The third-order valence-corrected chi connectivity index (χ3v) is 2.67. The SMILES string of the molecule is CCCCC#COCCOCCOCCS(=O)(=O)O. The first-order valence-electron chi connectivity index (χ1n) is 6.26. The molecule has 0 aromatic carbocycles. The van der Waals surface area contributed by atoms with E-state index in [1.54, 1.807) is 0 Å². The van der Waals surface area contributed by atoms with Crippen LogP contribution in [0.4, 0.5) is 0 Å². The Labute approximate surface area is 115 Å². The van der Waals surface area contributed by atoms with Crippen molar-refractivity contribution < 1.29 is 27.2 Å². The van der Waals surface area contributed by atoms with Crippen LogP contribution in [0.3, 0.4) is 0 Å². The van der Waals surface area contributed by atoms with Gasteiger partial charge in [-0.1, -0.05) is 19.3 Å². The Balaban J connectivity index is 3.16. The molecule has 0 spiro atoms. The van der Waals surface area contributed by atoms with Crippen LogP contribution in [0.15, 0.2) is 0 Å². The monoisotopic (exact) mass is 294 g/mol. The topological polar surface area (TPSA) is 82.1 Å². The molecule has 0 aromatic heterocycles. The summed E-state index contributed by atoms with van der Waals surface area (Å²) >= 11 is 0. The van der Waals surface area contributed by atoms with Gasteiger partial charge in [0.15, 0.2) is 0 Å². The lowest BCUT2D eigenvalue weighted by Crippen LogP contribution is -2.14. The first-order valence-corrected chi connectivity index (χ1v) is 7.87. The lowest BCUT2D eigenvalue weighted by Gasteiger charge is -2.04. The zero-order valence-corrected chi connectivity index (χ0v) is 12.1. The van der Waals surface area contributed by atoms with Crippen molar-refractivity contribution in [3.8, 4) is 12.0 Å². The standard InChI is InChI=1S/C12H22O6S/c1-2-3-4-5-6-16-7-8-17-9-10-18-11-12-19(13,14)15/h2-4,7-12H2,1H3,(H,13,14,15). The highest BCUT2D eigenvalue weighted by Gasteiger charge is 2.02. The number of ether oxygens (including phenoxy) is 3. The van der Waals surface area contributed by atoms with E-state index in [1.807, 2.05) is 0 Å². The van der Waals surface area contributed by atoms with Crippen molar-refractivity contribution in [1.82, 2.24) is 0 Å². The predicted molar refractivity (Wildman–Crippen MR) is 71.3 cm³/mol. The van der Waals surface area contributed by atoms with Crippen LogP contribution in [-0.2, 0) is 24.3 Å². The third-order valence-electron chi connectivity index (χ3n) is 1.99. The Morgan fingerprint density at radius 2 is 1.68 bits per heavy atom. The smallest absolute Gasteiger partial charge is 0.267 e. The average Bonchev–Trinajstić information content (AvgIpc) is 2.34. The summed E-state index contributed by atoms with van der Waals surface area (Å²) < 4.78 is 44.2. The van der Waals surface area contributed by atoms with E-state index in [4.69, 9.17) is 18.8 Å². The van der Waals surface area contributed by atoms with Crippen LogP contribution in [0, 0.1) is 12.0 Å². The first-order chi connectivity index (χ1) is 9.06. The van der Waals surface area contributed by atoms with Gasteiger partial charge in [0.05, 0.1) is 32.2 Å². The van der Waals surface area contributed by atoms with E-state index in [9.17, 15) is 8.42 Å². The molecule has 0 aliphatic rings. The molecule has 0 saturated carbocycles. The minimum absolute atomic E-state index is 0.0401. The molecular weight excluding hydrogens is 272 g/mol. The molecule has 112 valence electrons. The quantitative estimate of drug-likeness (QED) is 0.349. The number of unbranched alkanes of at least 4 members (excludes halogenated alkanes) is 2. The molecule has 1 N–H and O–H groups in total. The van der Waals surface area contributed by atoms with Crippen molar-refractivity contribution >= 4 is 10.1 Å². The average molecular weight is 294 g/mol. The van der Waals surface area contributed by atoms with Gasteiger partial charge in [-0.3, -0.25) is 4.55 Å². The van der Waals surface area contributed by atoms with Crippen molar-refractivity contribution in [1.29, 1.82) is 0 Å². The largest absolute Gasteiger partial charge is 0.444 e. The van der Waals surface area contributed by atoms with Gasteiger partial charge >= 0.3 is 0 Å². The molecule has 0 radical (unpaired) electrons. The van der Waals surface area contributed by atoms with Crippen molar-refractivity contribution in [2.75, 3.05) is 38.8 Å². The van der Waals surface area contributed by atoms with Crippen LogP contribution in [0.2, 0.25) is 0 Å². The summed E-state index contributed by atoms with van der Waals surface area (Å²) in [7, 11) is -3.94. The van der Waals surface area contributed by atoms with Crippen LogP contribution in [0.1, 0.15) is 26.2 Å². The second-order valence-electron chi connectivity index (χ2n) is 3.74. The second-order valence-corrected chi connectivity index (χ2v) is 5.31. The molecule has 0 heterocycles. The zero-order valence-electron chi connectivity index (χ0n) is 11.3. The minimum Gasteiger partial charge on any atom is -0.444 e. The van der Waals surface area contributed by atoms with Gasteiger partial charge in [0.1, 0.15) is 12.7 Å². The maximum absolute atomic E-state index is 10.3. The van der Waals surface area contributed by atoms with Gasteiger partial charge in [-0.25, -0.2) is 0 Å². The van der Waals surface area contributed by atoms with Gasteiger partial charge in [-0.2, -0.15) is 8.42 Å².